The van der Waals surface area contributed by atoms with E-state index in [-0.39, 0.29) is 0 Å². The second-order valence-electron chi connectivity index (χ2n) is 3.25. The van der Waals surface area contributed by atoms with Crippen LogP contribution in [0, 0.1) is 0 Å². The second-order valence-corrected chi connectivity index (χ2v) is 3.63. The highest BCUT2D eigenvalue weighted by atomic mass is 35.5. The number of nitrogens with one attached hydrogen (secondary N) is 1. The molecule has 1 unspecified atom stereocenters. The highest BCUT2D eigenvalue weighted by Gasteiger charge is 1.99. The van der Waals surface area contributed by atoms with Crippen molar-refractivity contribution < 1.29 is 4.74 Å². The molecule has 12 heavy (non-hydrogen) atoms. The Labute approximate surface area is 80.6 Å². The standard InChI is InChI=1S/C9H20ClNO/c1-8(2)12-7-6-11-9(3)4-5-10/h8-9,11H,4-7H2,1-3H3. The van der Waals surface area contributed by atoms with Crippen molar-refractivity contribution in [2.24, 2.45) is 0 Å². The molecule has 3 heteroatoms. The summed E-state index contributed by atoms with van der Waals surface area (Å²) >= 11 is 5.59. The van der Waals surface area contributed by atoms with E-state index in [1.54, 1.807) is 0 Å². The normalized spacial score (nSPS) is 13.8. The molecule has 0 aromatic rings. The van der Waals surface area contributed by atoms with E-state index in [4.69, 9.17) is 16.3 Å². The number of alkyl halides is 1. The maximum absolute atomic E-state index is 5.59. The summed E-state index contributed by atoms with van der Waals surface area (Å²) < 4.78 is 5.37. The molecule has 1 atom stereocenters. The molecule has 0 spiro atoms. The molecule has 0 aliphatic heterocycles. The summed E-state index contributed by atoms with van der Waals surface area (Å²) in [7, 11) is 0. The van der Waals surface area contributed by atoms with Gasteiger partial charge in [-0.05, 0) is 27.2 Å². The predicted molar refractivity (Wildman–Crippen MR) is 53.9 cm³/mol. The van der Waals surface area contributed by atoms with Crippen LogP contribution in [0.3, 0.4) is 0 Å². The molecule has 2 nitrogen and oxygen atoms in total. The summed E-state index contributed by atoms with van der Waals surface area (Å²) in [5.41, 5.74) is 0. The summed E-state index contributed by atoms with van der Waals surface area (Å²) in [5, 5.41) is 3.33. The number of hydrogen-bond acceptors (Lipinski definition) is 2. The summed E-state index contributed by atoms with van der Waals surface area (Å²) in [6, 6.07) is 0.498. The predicted octanol–water partition coefficient (Wildman–Crippen LogP) is 2.02. The van der Waals surface area contributed by atoms with E-state index in [0.29, 0.717) is 12.1 Å². The maximum Gasteiger partial charge on any atom is 0.0594 e. The summed E-state index contributed by atoms with van der Waals surface area (Å²) in [4.78, 5) is 0. The zero-order valence-electron chi connectivity index (χ0n) is 8.27. The van der Waals surface area contributed by atoms with Crippen LogP contribution in [0.1, 0.15) is 27.2 Å². The Morgan fingerprint density at radius 3 is 2.50 bits per heavy atom. The Balaban J connectivity index is 3.08. The molecule has 0 saturated heterocycles. The number of ether oxygens (including phenoxy) is 1. The van der Waals surface area contributed by atoms with Crippen molar-refractivity contribution in [3.05, 3.63) is 0 Å². The van der Waals surface area contributed by atoms with E-state index in [1.807, 2.05) is 13.8 Å². The summed E-state index contributed by atoms with van der Waals surface area (Å²) in [6.07, 6.45) is 1.35. The maximum atomic E-state index is 5.59. The lowest BCUT2D eigenvalue weighted by Crippen LogP contribution is -2.30. The lowest BCUT2D eigenvalue weighted by molar-refractivity contribution is 0.0796. The molecule has 0 aromatic heterocycles. The third-order valence-electron chi connectivity index (χ3n) is 1.59. The van der Waals surface area contributed by atoms with Gasteiger partial charge in [0.25, 0.3) is 0 Å². The minimum absolute atomic E-state index is 0.329. The minimum atomic E-state index is 0.329. The van der Waals surface area contributed by atoms with Crippen molar-refractivity contribution in [2.75, 3.05) is 19.0 Å². The van der Waals surface area contributed by atoms with Crippen LogP contribution in [0.25, 0.3) is 0 Å². The number of halogens is 1. The van der Waals surface area contributed by atoms with E-state index in [1.165, 1.54) is 0 Å². The van der Waals surface area contributed by atoms with E-state index >= 15 is 0 Å². The zero-order valence-corrected chi connectivity index (χ0v) is 9.03. The molecular formula is C9H20ClNO. The number of hydrogen-bond donors (Lipinski definition) is 1. The molecular weight excluding hydrogens is 174 g/mol. The van der Waals surface area contributed by atoms with Crippen LogP contribution in [-0.4, -0.2) is 31.2 Å². The Bertz CT molecular complexity index is 98.5. The fraction of sp³-hybridized carbons (Fsp3) is 1.00. The van der Waals surface area contributed by atoms with Gasteiger partial charge in [0.15, 0.2) is 0 Å². The molecule has 0 aromatic carbocycles. The van der Waals surface area contributed by atoms with Crippen molar-refractivity contribution >= 4 is 11.6 Å². The molecule has 0 aliphatic rings. The molecule has 0 fully saturated rings. The molecule has 0 amide bonds. The third-order valence-corrected chi connectivity index (χ3v) is 1.81. The topological polar surface area (TPSA) is 21.3 Å². The molecule has 0 rings (SSSR count). The summed E-state index contributed by atoms with van der Waals surface area (Å²) in [6.45, 7) is 7.92. The third kappa shape index (κ3) is 8.31. The molecule has 74 valence electrons. The van der Waals surface area contributed by atoms with Crippen molar-refractivity contribution in [1.82, 2.24) is 5.32 Å². The molecule has 1 N–H and O–H groups in total. The van der Waals surface area contributed by atoms with Gasteiger partial charge in [0.1, 0.15) is 0 Å². The highest BCUT2D eigenvalue weighted by molar-refractivity contribution is 6.17. The van der Waals surface area contributed by atoms with Gasteiger partial charge in [-0.3, -0.25) is 0 Å². The van der Waals surface area contributed by atoms with Gasteiger partial charge >= 0.3 is 0 Å². The van der Waals surface area contributed by atoms with E-state index in [0.717, 1.165) is 25.5 Å². The van der Waals surface area contributed by atoms with Gasteiger partial charge in [0, 0.05) is 18.5 Å². The Morgan fingerprint density at radius 1 is 1.33 bits per heavy atom. The lowest BCUT2D eigenvalue weighted by Gasteiger charge is -2.13. The van der Waals surface area contributed by atoms with Gasteiger partial charge in [0.05, 0.1) is 12.7 Å². The first-order valence-electron chi connectivity index (χ1n) is 4.57. The first-order chi connectivity index (χ1) is 5.66. The Kier molecular flexibility index (Phi) is 7.98. The van der Waals surface area contributed by atoms with Crippen molar-refractivity contribution in [3.63, 3.8) is 0 Å². The second kappa shape index (κ2) is 7.84. The van der Waals surface area contributed by atoms with Crippen LogP contribution in [0.2, 0.25) is 0 Å². The average Bonchev–Trinajstić information content (AvgIpc) is 1.98. The first-order valence-corrected chi connectivity index (χ1v) is 5.11. The van der Waals surface area contributed by atoms with Gasteiger partial charge in [0.2, 0.25) is 0 Å². The molecule has 0 bridgehead atoms. The van der Waals surface area contributed by atoms with Crippen molar-refractivity contribution in [1.29, 1.82) is 0 Å². The van der Waals surface area contributed by atoms with Crippen LogP contribution >= 0.6 is 11.6 Å². The number of rotatable bonds is 7. The van der Waals surface area contributed by atoms with Crippen molar-refractivity contribution in [3.8, 4) is 0 Å². The van der Waals surface area contributed by atoms with Gasteiger partial charge in [-0.25, -0.2) is 0 Å². The quantitative estimate of drug-likeness (QED) is 0.494. The van der Waals surface area contributed by atoms with Gasteiger partial charge in [-0.1, -0.05) is 0 Å². The van der Waals surface area contributed by atoms with Crippen molar-refractivity contribution in [2.45, 2.75) is 39.3 Å². The van der Waals surface area contributed by atoms with Gasteiger partial charge in [-0.15, -0.1) is 11.6 Å². The van der Waals surface area contributed by atoms with Gasteiger partial charge < -0.3 is 10.1 Å². The highest BCUT2D eigenvalue weighted by Crippen LogP contribution is 1.92. The molecule has 0 heterocycles. The summed E-state index contributed by atoms with van der Waals surface area (Å²) in [5.74, 6) is 0.721. The smallest absolute Gasteiger partial charge is 0.0594 e. The van der Waals surface area contributed by atoms with Crippen LogP contribution in [0.4, 0.5) is 0 Å². The SMILES string of the molecule is CC(CCCl)NCCOC(C)C. The van der Waals surface area contributed by atoms with Crippen LogP contribution < -0.4 is 5.32 Å². The Morgan fingerprint density at radius 2 is 2.00 bits per heavy atom. The van der Waals surface area contributed by atoms with Crippen LogP contribution in [0.15, 0.2) is 0 Å². The zero-order chi connectivity index (χ0) is 9.40. The average molecular weight is 194 g/mol. The monoisotopic (exact) mass is 193 g/mol. The largest absolute Gasteiger partial charge is 0.377 e. The van der Waals surface area contributed by atoms with Gasteiger partial charge in [-0.2, -0.15) is 0 Å². The first kappa shape index (κ1) is 12.2. The molecule has 0 saturated carbocycles. The lowest BCUT2D eigenvalue weighted by atomic mass is 10.2. The molecule has 0 aliphatic carbocycles. The van der Waals surface area contributed by atoms with Crippen LogP contribution in [-0.2, 0) is 4.74 Å². The van der Waals surface area contributed by atoms with Crippen LogP contribution in [0.5, 0.6) is 0 Å². The minimum Gasteiger partial charge on any atom is -0.377 e. The van der Waals surface area contributed by atoms with E-state index in [9.17, 15) is 0 Å². The van der Waals surface area contributed by atoms with E-state index < -0.39 is 0 Å². The fourth-order valence-electron chi connectivity index (χ4n) is 0.866. The fourth-order valence-corrected chi connectivity index (χ4v) is 1.19. The van der Waals surface area contributed by atoms with E-state index in [2.05, 4.69) is 12.2 Å². The Hall–Kier alpha value is 0.210. The molecule has 0 radical (unpaired) electrons.